The lowest BCUT2D eigenvalue weighted by Crippen LogP contribution is -2.32. The SMILES string of the molecule is CCC(CC)C(=O)C1CCCCO1. The van der Waals surface area contributed by atoms with E-state index in [-0.39, 0.29) is 12.0 Å². The molecule has 0 aliphatic carbocycles. The van der Waals surface area contributed by atoms with Crippen molar-refractivity contribution < 1.29 is 9.53 Å². The van der Waals surface area contributed by atoms with Crippen molar-refractivity contribution >= 4 is 5.78 Å². The van der Waals surface area contributed by atoms with Crippen LogP contribution in [0.1, 0.15) is 46.0 Å². The Kier molecular flexibility index (Phi) is 4.43. The second-order valence-corrected chi connectivity index (χ2v) is 3.77. The first-order chi connectivity index (χ1) is 6.29. The second-order valence-electron chi connectivity index (χ2n) is 3.77. The molecule has 1 aliphatic rings. The van der Waals surface area contributed by atoms with Crippen LogP contribution in [0.25, 0.3) is 0 Å². The van der Waals surface area contributed by atoms with E-state index in [0.717, 1.165) is 38.7 Å². The Morgan fingerprint density at radius 2 is 2.08 bits per heavy atom. The van der Waals surface area contributed by atoms with Gasteiger partial charge in [-0.2, -0.15) is 0 Å². The summed E-state index contributed by atoms with van der Waals surface area (Å²) in [5.74, 6) is 0.563. The number of ketones is 1. The molecule has 0 aromatic carbocycles. The Hall–Kier alpha value is -0.370. The summed E-state index contributed by atoms with van der Waals surface area (Å²) in [6, 6.07) is 0. The zero-order chi connectivity index (χ0) is 9.68. The van der Waals surface area contributed by atoms with Crippen LogP contribution < -0.4 is 0 Å². The molecule has 1 heterocycles. The molecule has 1 aliphatic heterocycles. The van der Waals surface area contributed by atoms with E-state index in [1.54, 1.807) is 0 Å². The first-order valence-corrected chi connectivity index (χ1v) is 5.44. The van der Waals surface area contributed by atoms with Gasteiger partial charge in [0.15, 0.2) is 5.78 Å². The minimum Gasteiger partial charge on any atom is -0.370 e. The molecule has 1 saturated heterocycles. The van der Waals surface area contributed by atoms with Gasteiger partial charge < -0.3 is 4.74 Å². The lowest BCUT2D eigenvalue weighted by Gasteiger charge is -2.24. The zero-order valence-corrected chi connectivity index (χ0v) is 8.71. The van der Waals surface area contributed by atoms with Crippen LogP contribution in [-0.4, -0.2) is 18.5 Å². The van der Waals surface area contributed by atoms with Gasteiger partial charge in [0.2, 0.25) is 0 Å². The molecule has 0 amide bonds. The van der Waals surface area contributed by atoms with Crippen molar-refractivity contribution in [2.45, 2.75) is 52.1 Å². The number of hydrogen-bond acceptors (Lipinski definition) is 2. The first-order valence-electron chi connectivity index (χ1n) is 5.44. The Morgan fingerprint density at radius 3 is 2.54 bits per heavy atom. The van der Waals surface area contributed by atoms with Gasteiger partial charge in [0, 0.05) is 12.5 Å². The largest absolute Gasteiger partial charge is 0.370 e. The van der Waals surface area contributed by atoms with Crippen LogP contribution in [0.3, 0.4) is 0 Å². The highest BCUT2D eigenvalue weighted by Crippen LogP contribution is 2.20. The Labute approximate surface area is 80.7 Å². The molecule has 76 valence electrons. The highest BCUT2D eigenvalue weighted by molar-refractivity contribution is 5.85. The molecule has 0 N–H and O–H groups in total. The molecule has 0 saturated carbocycles. The summed E-state index contributed by atoms with van der Waals surface area (Å²) in [5, 5.41) is 0. The fraction of sp³-hybridized carbons (Fsp3) is 0.909. The average Bonchev–Trinajstić information content (AvgIpc) is 2.21. The van der Waals surface area contributed by atoms with E-state index in [1.165, 1.54) is 0 Å². The first kappa shape index (κ1) is 10.7. The Balaban J connectivity index is 2.44. The smallest absolute Gasteiger partial charge is 0.164 e. The van der Waals surface area contributed by atoms with Crippen molar-refractivity contribution in [2.24, 2.45) is 5.92 Å². The molecular weight excluding hydrogens is 164 g/mol. The van der Waals surface area contributed by atoms with Crippen LogP contribution in [0.5, 0.6) is 0 Å². The van der Waals surface area contributed by atoms with E-state index in [4.69, 9.17) is 4.74 Å². The van der Waals surface area contributed by atoms with Crippen LogP contribution in [-0.2, 0) is 9.53 Å². The van der Waals surface area contributed by atoms with Gasteiger partial charge in [0.05, 0.1) is 0 Å². The van der Waals surface area contributed by atoms with Crippen LogP contribution in [0.2, 0.25) is 0 Å². The summed E-state index contributed by atoms with van der Waals surface area (Å²) in [7, 11) is 0. The fourth-order valence-corrected chi connectivity index (χ4v) is 1.92. The molecule has 0 bridgehead atoms. The minimum atomic E-state index is -0.0846. The summed E-state index contributed by atoms with van der Waals surface area (Å²) in [6.45, 7) is 4.93. The molecule has 0 radical (unpaired) electrons. The molecule has 0 aromatic rings. The van der Waals surface area contributed by atoms with Gasteiger partial charge in [-0.15, -0.1) is 0 Å². The summed E-state index contributed by atoms with van der Waals surface area (Å²) >= 11 is 0. The molecule has 13 heavy (non-hydrogen) atoms. The van der Waals surface area contributed by atoms with Gasteiger partial charge >= 0.3 is 0 Å². The lowest BCUT2D eigenvalue weighted by molar-refractivity contribution is -0.137. The Bertz CT molecular complexity index is 155. The molecule has 1 fully saturated rings. The summed E-state index contributed by atoms with van der Waals surface area (Å²) < 4.78 is 5.47. The van der Waals surface area contributed by atoms with Crippen LogP contribution >= 0.6 is 0 Å². The van der Waals surface area contributed by atoms with Crippen molar-refractivity contribution in [2.75, 3.05) is 6.61 Å². The third kappa shape index (κ3) is 2.80. The van der Waals surface area contributed by atoms with Crippen molar-refractivity contribution in [1.29, 1.82) is 0 Å². The summed E-state index contributed by atoms with van der Waals surface area (Å²) in [5.41, 5.74) is 0. The highest BCUT2D eigenvalue weighted by atomic mass is 16.5. The highest BCUT2D eigenvalue weighted by Gasteiger charge is 2.26. The monoisotopic (exact) mass is 184 g/mol. The molecule has 1 atom stereocenters. The molecule has 2 heteroatoms. The molecule has 2 nitrogen and oxygen atoms in total. The van der Waals surface area contributed by atoms with Crippen molar-refractivity contribution in [3.63, 3.8) is 0 Å². The Morgan fingerprint density at radius 1 is 1.38 bits per heavy atom. The normalized spacial score (nSPS) is 23.5. The maximum absolute atomic E-state index is 11.8. The number of Topliss-reactive ketones (excluding diaryl/α,β-unsaturated/α-hetero) is 1. The van der Waals surface area contributed by atoms with E-state index in [9.17, 15) is 4.79 Å². The minimum absolute atomic E-state index is 0.0846. The standard InChI is InChI=1S/C11H20O2/c1-3-9(4-2)11(12)10-7-5-6-8-13-10/h9-10H,3-8H2,1-2H3. The molecule has 0 aromatic heterocycles. The van der Waals surface area contributed by atoms with E-state index in [1.807, 2.05) is 0 Å². The molecule has 1 rings (SSSR count). The van der Waals surface area contributed by atoms with Crippen molar-refractivity contribution in [3.05, 3.63) is 0 Å². The third-order valence-electron chi connectivity index (χ3n) is 2.88. The topological polar surface area (TPSA) is 26.3 Å². The predicted molar refractivity (Wildman–Crippen MR) is 52.7 cm³/mol. The van der Waals surface area contributed by atoms with Crippen molar-refractivity contribution in [1.82, 2.24) is 0 Å². The van der Waals surface area contributed by atoms with Gasteiger partial charge in [-0.25, -0.2) is 0 Å². The molecular formula is C11H20O2. The number of ether oxygens (including phenoxy) is 1. The lowest BCUT2D eigenvalue weighted by atomic mass is 9.91. The summed E-state index contributed by atoms with van der Waals surface area (Å²) in [6.07, 6.45) is 5.03. The van der Waals surface area contributed by atoms with Crippen LogP contribution in [0, 0.1) is 5.92 Å². The van der Waals surface area contributed by atoms with Gasteiger partial charge in [-0.3, -0.25) is 4.79 Å². The third-order valence-corrected chi connectivity index (χ3v) is 2.88. The number of carbonyl (C=O) groups is 1. The van der Waals surface area contributed by atoms with Gasteiger partial charge in [0.1, 0.15) is 6.10 Å². The van der Waals surface area contributed by atoms with Gasteiger partial charge in [-0.1, -0.05) is 13.8 Å². The second kappa shape index (κ2) is 5.38. The van der Waals surface area contributed by atoms with E-state index < -0.39 is 0 Å². The maximum Gasteiger partial charge on any atom is 0.164 e. The maximum atomic E-state index is 11.8. The average molecular weight is 184 g/mol. The van der Waals surface area contributed by atoms with Gasteiger partial charge in [-0.05, 0) is 32.1 Å². The molecule has 1 unspecified atom stereocenters. The van der Waals surface area contributed by atoms with Crippen LogP contribution in [0.15, 0.2) is 0 Å². The molecule has 0 spiro atoms. The quantitative estimate of drug-likeness (QED) is 0.671. The van der Waals surface area contributed by atoms with E-state index in [0.29, 0.717) is 5.78 Å². The zero-order valence-electron chi connectivity index (χ0n) is 8.71. The van der Waals surface area contributed by atoms with Crippen LogP contribution in [0.4, 0.5) is 0 Å². The van der Waals surface area contributed by atoms with E-state index >= 15 is 0 Å². The number of rotatable bonds is 4. The number of hydrogen-bond donors (Lipinski definition) is 0. The van der Waals surface area contributed by atoms with E-state index in [2.05, 4.69) is 13.8 Å². The summed E-state index contributed by atoms with van der Waals surface area (Å²) in [4.78, 5) is 11.8. The van der Waals surface area contributed by atoms with Gasteiger partial charge in [0.25, 0.3) is 0 Å². The number of carbonyl (C=O) groups excluding carboxylic acids is 1. The fourth-order valence-electron chi connectivity index (χ4n) is 1.92. The van der Waals surface area contributed by atoms with Crippen molar-refractivity contribution in [3.8, 4) is 0 Å². The predicted octanol–water partition coefficient (Wildman–Crippen LogP) is 2.56.